The Hall–Kier alpha value is -0.930. The number of hydrogen-bond donors (Lipinski definition) is 1. The molecule has 4 heteroatoms. The Bertz CT molecular complexity index is 362. The first-order chi connectivity index (χ1) is 7.72. The Kier molecular flexibility index (Phi) is 3.56. The molecule has 1 aromatic rings. The van der Waals surface area contributed by atoms with Gasteiger partial charge in [-0.25, -0.2) is 0 Å². The van der Waals surface area contributed by atoms with Gasteiger partial charge in [0.1, 0.15) is 0 Å². The van der Waals surface area contributed by atoms with Gasteiger partial charge in [-0.05, 0) is 25.0 Å². The summed E-state index contributed by atoms with van der Waals surface area (Å²) in [6, 6.07) is 5.78. The van der Waals surface area contributed by atoms with Crippen LogP contribution in [0.3, 0.4) is 0 Å². The maximum absolute atomic E-state index is 6.01. The first-order valence-electron chi connectivity index (χ1n) is 5.54. The van der Waals surface area contributed by atoms with Crippen molar-refractivity contribution in [3.05, 3.63) is 23.2 Å². The monoisotopic (exact) mass is 240 g/mol. The van der Waals surface area contributed by atoms with Gasteiger partial charge < -0.3 is 15.4 Å². The number of methoxy groups -OCH3 is 1. The first kappa shape index (κ1) is 11.6. The Labute approximate surface area is 101 Å². The number of halogens is 1. The van der Waals surface area contributed by atoms with E-state index in [-0.39, 0.29) is 0 Å². The highest BCUT2D eigenvalue weighted by atomic mass is 35.5. The fraction of sp³-hybridized carbons (Fsp3) is 0.500. The second-order valence-corrected chi connectivity index (χ2v) is 4.50. The van der Waals surface area contributed by atoms with Crippen molar-refractivity contribution in [1.29, 1.82) is 0 Å². The number of para-hydroxylation sites is 1. The molecule has 88 valence electrons. The van der Waals surface area contributed by atoms with E-state index in [4.69, 9.17) is 22.1 Å². The van der Waals surface area contributed by atoms with Crippen molar-refractivity contribution >= 4 is 23.0 Å². The quantitative estimate of drug-likeness (QED) is 0.808. The third kappa shape index (κ3) is 2.25. The average molecular weight is 241 g/mol. The summed E-state index contributed by atoms with van der Waals surface area (Å²) in [6.07, 6.45) is 2.47. The van der Waals surface area contributed by atoms with Gasteiger partial charge >= 0.3 is 0 Å². The van der Waals surface area contributed by atoms with Crippen LogP contribution in [0.4, 0.5) is 11.4 Å². The zero-order valence-electron chi connectivity index (χ0n) is 9.45. The SMILES string of the molecule is COC1CCN(c2cccc(Cl)c2N)CC1. The fourth-order valence-corrected chi connectivity index (χ4v) is 2.30. The van der Waals surface area contributed by atoms with Crippen LogP contribution in [0, 0.1) is 0 Å². The number of nitrogen functional groups attached to an aromatic ring is 1. The lowest BCUT2D eigenvalue weighted by molar-refractivity contribution is 0.0819. The van der Waals surface area contributed by atoms with Crippen LogP contribution >= 0.6 is 11.6 Å². The van der Waals surface area contributed by atoms with E-state index < -0.39 is 0 Å². The van der Waals surface area contributed by atoms with Crippen molar-refractivity contribution in [3.63, 3.8) is 0 Å². The predicted molar refractivity (Wildman–Crippen MR) is 68.1 cm³/mol. The van der Waals surface area contributed by atoms with E-state index in [1.165, 1.54) is 0 Å². The molecule has 1 saturated heterocycles. The van der Waals surface area contributed by atoms with E-state index in [1.54, 1.807) is 7.11 Å². The number of ether oxygens (including phenoxy) is 1. The summed E-state index contributed by atoms with van der Waals surface area (Å²) in [6.45, 7) is 1.95. The zero-order valence-corrected chi connectivity index (χ0v) is 10.2. The predicted octanol–water partition coefficient (Wildman–Crippen LogP) is 2.54. The molecule has 0 atom stereocenters. The number of nitrogens with two attached hydrogens (primary N) is 1. The second-order valence-electron chi connectivity index (χ2n) is 4.09. The van der Waals surface area contributed by atoms with Gasteiger partial charge in [0.15, 0.2) is 0 Å². The van der Waals surface area contributed by atoms with Gasteiger partial charge in [0, 0.05) is 20.2 Å². The molecule has 0 unspecified atom stereocenters. The number of hydrogen-bond acceptors (Lipinski definition) is 3. The molecular formula is C12H17ClN2O. The Balaban J connectivity index is 2.11. The van der Waals surface area contributed by atoms with E-state index in [0.717, 1.165) is 31.6 Å². The summed E-state index contributed by atoms with van der Waals surface area (Å²) >= 11 is 6.01. The summed E-state index contributed by atoms with van der Waals surface area (Å²) < 4.78 is 5.35. The van der Waals surface area contributed by atoms with Crippen LogP contribution in [0.25, 0.3) is 0 Å². The van der Waals surface area contributed by atoms with E-state index in [1.807, 2.05) is 18.2 Å². The Morgan fingerprint density at radius 1 is 1.38 bits per heavy atom. The van der Waals surface area contributed by atoms with Gasteiger partial charge in [-0.1, -0.05) is 17.7 Å². The van der Waals surface area contributed by atoms with Gasteiger partial charge in [-0.2, -0.15) is 0 Å². The van der Waals surface area contributed by atoms with Crippen molar-refractivity contribution in [3.8, 4) is 0 Å². The van der Waals surface area contributed by atoms with Crippen molar-refractivity contribution in [2.75, 3.05) is 30.8 Å². The highest BCUT2D eigenvalue weighted by molar-refractivity contribution is 6.33. The maximum atomic E-state index is 6.01. The van der Waals surface area contributed by atoms with Gasteiger partial charge in [0.2, 0.25) is 0 Å². The molecule has 1 heterocycles. The fourth-order valence-electron chi connectivity index (χ4n) is 2.13. The summed E-state index contributed by atoms with van der Waals surface area (Å²) in [4.78, 5) is 2.27. The molecule has 0 spiro atoms. The van der Waals surface area contributed by atoms with Crippen molar-refractivity contribution in [2.45, 2.75) is 18.9 Å². The normalized spacial score (nSPS) is 17.8. The molecule has 16 heavy (non-hydrogen) atoms. The van der Waals surface area contributed by atoms with Crippen molar-refractivity contribution < 1.29 is 4.74 Å². The van der Waals surface area contributed by atoms with Crippen molar-refractivity contribution in [2.24, 2.45) is 0 Å². The van der Waals surface area contributed by atoms with Crippen LogP contribution in [0.1, 0.15) is 12.8 Å². The van der Waals surface area contributed by atoms with Gasteiger partial charge in [-0.15, -0.1) is 0 Å². The van der Waals surface area contributed by atoms with Crippen molar-refractivity contribution in [1.82, 2.24) is 0 Å². The van der Waals surface area contributed by atoms with E-state index >= 15 is 0 Å². The third-order valence-electron chi connectivity index (χ3n) is 3.15. The highest BCUT2D eigenvalue weighted by Crippen LogP contribution is 2.31. The number of rotatable bonds is 2. The van der Waals surface area contributed by atoms with Crippen LogP contribution in [0.2, 0.25) is 5.02 Å². The second kappa shape index (κ2) is 4.93. The van der Waals surface area contributed by atoms with Gasteiger partial charge in [0.25, 0.3) is 0 Å². The molecule has 0 radical (unpaired) electrons. The van der Waals surface area contributed by atoms with E-state index in [2.05, 4.69) is 4.90 Å². The molecule has 0 aliphatic carbocycles. The highest BCUT2D eigenvalue weighted by Gasteiger charge is 2.20. The summed E-state index contributed by atoms with van der Waals surface area (Å²) in [7, 11) is 1.77. The minimum Gasteiger partial charge on any atom is -0.396 e. The molecule has 1 fully saturated rings. The standard InChI is InChI=1S/C12H17ClN2O/c1-16-9-5-7-15(8-6-9)11-4-2-3-10(13)12(11)14/h2-4,9H,5-8,14H2,1H3. The molecule has 0 amide bonds. The number of piperidine rings is 1. The van der Waals surface area contributed by atoms with E-state index in [0.29, 0.717) is 16.8 Å². The molecule has 2 N–H and O–H groups in total. The van der Waals surface area contributed by atoms with Crippen LogP contribution < -0.4 is 10.6 Å². The lowest BCUT2D eigenvalue weighted by Crippen LogP contribution is -2.37. The minimum atomic E-state index is 0.386. The maximum Gasteiger partial charge on any atom is 0.0741 e. The van der Waals surface area contributed by atoms with Crippen LogP contribution in [-0.4, -0.2) is 26.3 Å². The Morgan fingerprint density at radius 3 is 2.69 bits per heavy atom. The molecule has 0 bridgehead atoms. The smallest absolute Gasteiger partial charge is 0.0741 e. The summed E-state index contributed by atoms with van der Waals surface area (Å²) in [5.74, 6) is 0. The summed E-state index contributed by atoms with van der Waals surface area (Å²) in [5.41, 5.74) is 7.70. The topological polar surface area (TPSA) is 38.5 Å². The van der Waals surface area contributed by atoms with E-state index in [9.17, 15) is 0 Å². The molecular weight excluding hydrogens is 224 g/mol. The number of benzene rings is 1. The third-order valence-corrected chi connectivity index (χ3v) is 3.48. The summed E-state index contributed by atoms with van der Waals surface area (Å²) in [5, 5.41) is 0.631. The lowest BCUT2D eigenvalue weighted by Gasteiger charge is -2.33. The van der Waals surface area contributed by atoms with Gasteiger partial charge in [0.05, 0.1) is 22.5 Å². The largest absolute Gasteiger partial charge is 0.396 e. The molecule has 1 aliphatic heterocycles. The molecule has 2 rings (SSSR count). The number of anilines is 2. The average Bonchev–Trinajstić information content (AvgIpc) is 2.33. The van der Waals surface area contributed by atoms with Crippen LogP contribution in [0.5, 0.6) is 0 Å². The number of nitrogens with zero attached hydrogens (tertiary/aromatic N) is 1. The van der Waals surface area contributed by atoms with Crippen LogP contribution in [0.15, 0.2) is 18.2 Å². The lowest BCUT2D eigenvalue weighted by atomic mass is 10.1. The molecule has 0 aromatic heterocycles. The van der Waals surface area contributed by atoms with Gasteiger partial charge in [-0.3, -0.25) is 0 Å². The first-order valence-corrected chi connectivity index (χ1v) is 5.92. The molecule has 0 saturated carbocycles. The molecule has 1 aliphatic rings. The Morgan fingerprint density at radius 2 is 2.06 bits per heavy atom. The van der Waals surface area contributed by atoms with Crippen LogP contribution in [-0.2, 0) is 4.74 Å². The zero-order chi connectivity index (χ0) is 11.5. The molecule has 3 nitrogen and oxygen atoms in total. The minimum absolute atomic E-state index is 0.386. The molecule has 1 aromatic carbocycles.